The van der Waals surface area contributed by atoms with Crippen LogP contribution in [0.25, 0.3) is 0 Å². The van der Waals surface area contributed by atoms with E-state index in [0.29, 0.717) is 30.3 Å². The molecule has 1 aliphatic rings. The van der Waals surface area contributed by atoms with E-state index in [0.717, 1.165) is 37.4 Å². The molecule has 1 fully saturated rings. The highest BCUT2D eigenvalue weighted by Crippen LogP contribution is 2.23. The molecule has 1 aromatic carbocycles. The van der Waals surface area contributed by atoms with E-state index in [2.05, 4.69) is 12.1 Å². The van der Waals surface area contributed by atoms with Gasteiger partial charge in [0.2, 0.25) is 0 Å². The second-order valence-corrected chi connectivity index (χ2v) is 6.80. The van der Waals surface area contributed by atoms with Crippen LogP contribution in [0.2, 0.25) is 0 Å². The van der Waals surface area contributed by atoms with Gasteiger partial charge in [0, 0.05) is 19.0 Å². The Bertz CT molecular complexity index is 721. The first-order valence-electron chi connectivity index (χ1n) is 9.02. The van der Waals surface area contributed by atoms with E-state index >= 15 is 0 Å². The number of carbonyl (C=O) groups is 1. The number of rotatable bonds is 5. The molecule has 25 heavy (non-hydrogen) atoms. The van der Waals surface area contributed by atoms with E-state index in [1.54, 1.807) is 6.92 Å². The molecule has 5 heteroatoms. The summed E-state index contributed by atoms with van der Waals surface area (Å²) in [4.78, 5) is 14.8. The van der Waals surface area contributed by atoms with Crippen molar-refractivity contribution >= 4 is 5.91 Å². The van der Waals surface area contributed by atoms with Crippen LogP contribution in [0.15, 0.2) is 28.8 Å². The minimum atomic E-state index is 0.0376. The Balaban J connectivity index is 1.61. The maximum Gasteiger partial charge on any atom is 0.259 e. The Hall–Kier alpha value is -2.30. The zero-order valence-corrected chi connectivity index (χ0v) is 15.2. The predicted octanol–water partition coefficient (Wildman–Crippen LogP) is 3.79. The number of benzene rings is 1. The molecule has 3 rings (SSSR count). The van der Waals surface area contributed by atoms with Crippen LogP contribution in [-0.2, 0) is 6.42 Å². The highest BCUT2D eigenvalue weighted by Gasteiger charge is 2.29. The largest absolute Gasteiger partial charge is 0.493 e. The van der Waals surface area contributed by atoms with Crippen molar-refractivity contribution in [1.29, 1.82) is 0 Å². The molecule has 1 aromatic heterocycles. The molecule has 134 valence electrons. The fraction of sp³-hybridized carbons (Fsp3) is 0.500. The van der Waals surface area contributed by atoms with Crippen LogP contribution in [0.3, 0.4) is 0 Å². The van der Waals surface area contributed by atoms with Gasteiger partial charge in [-0.1, -0.05) is 29.8 Å². The van der Waals surface area contributed by atoms with Gasteiger partial charge in [0.05, 0.1) is 12.3 Å². The van der Waals surface area contributed by atoms with E-state index < -0.39 is 0 Å². The Morgan fingerprint density at radius 2 is 2.08 bits per heavy atom. The lowest BCUT2D eigenvalue weighted by atomic mass is 9.98. The third-order valence-corrected chi connectivity index (χ3v) is 4.80. The minimum absolute atomic E-state index is 0.0376. The molecule has 0 aliphatic carbocycles. The molecule has 1 saturated heterocycles. The third-order valence-electron chi connectivity index (χ3n) is 4.80. The van der Waals surface area contributed by atoms with Gasteiger partial charge in [-0.25, -0.2) is 0 Å². The molecule has 2 heterocycles. The number of aromatic nitrogens is 1. The maximum absolute atomic E-state index is 12.9. The van der Waals surface area contributed by atoms with Crippen LogP contribution in [0, 0.1) is 19.8 Å². The van der Waals surface area contributed by atoms with Crippen molar-refractivity contribution in [2.75, 3.05) is 19.7 Å². The van der Waals surface area contributed by atoms with Gasteiger partial charge in [-0.05, 0) is 45.2 Å². The fourth-order valence-corrected chi connectivity index (χ4v) is 3.33. The normalized spacial score (nSPS) is 17.6. The van der Waals surface area contributed by atoms with Gasteiger partial charge in [0.1, 0.15) is 17.1 Å². The summed E-state index contributed by atoms with van der Waals surface area (Å²) in [5.74, 6) is 1.89. The van der Waals surface area contributed by atoms with Crippen LogP contribution < -0.4 is 4.74 Å². The number of piperidine rings is 1. The first kappa shape index (κ1) is 17.5. The van der Waals surface area contributed by atoms with E-state index in [4.69, 9.17) is 9.26 Å². The smallest absolute Gasteiger partial charge is 0.259 e. The van der Waals surface area contributed by atoms with Crippen molar-refractivity contribution in [3.05, 3.63) is 46.8 Å². The molecule has 1 aliphatic heterocycles. The highest BCUT2D eigenvalue weighted by atomic mass is 16.5. The lowest BCUT2D eigenvalue weighted by Crippen LogP contribution is -2.42. The Labute approximate surface area is 148 Å². The molecule has 5 nitrogen and oxygen atoms in total. The number of carbonyl (C=O) groups excluding carboxylic acids is 1. The molecule has 0 spiro atoms. The van der Waals surface area contributed by atoms with Gasteiger partial charge < -0.3 is 14.2 Å². The highest BCUT2D eigenvalue weighted by molar-refractivity contribution is 5.96. The standard InChI is InChI=1S/C20H26N2O3/c1-4-18-19(15(3)25-21-18)20(23)22-11-5-6-16(12-22)13-24-17-9-7-14(2)8-10-17/h7-10,16H,4-6,11-13H2,1-3H3/t16-/m0/s1. The molecule has 0 radical (unpaired) electrons. The van der Waals surface area contributed by atoms with Gasteiger partial charge in [-0.2, -0.15) is 0 Å². The van der Waals surface area contributed by atoms with Crippen molar-refractivity contribution in [1.82, 2.24) is 10.1 Å². The average molecular weight is 342 g/mol. The fourth-order valence-electron chi connectivity index (χ4n) is 3.33. The summed E-state index contributed by atoms with van der Waals surface area (Å²) in [5.41, 5.74) is 2.61. The Morgan fingerprint density at radius 1 is 1.32 bits per heavy atom. The molecular weight excluding hydrogens is 316 g/mol. The lowest BCUT2D eigenvalue weighted by Gasteiger charge is -2.32. The topological polar surface area (TPSA) is 55.6 Å². The monoisotopic (exact) mass is 342 g/mol. The van der Waals surface area contributed by atoms with Crippen LogP contribution in [-0.4, -0.2) is 35.7 Å². The van der Waals surface area contributed by atoms with Crippen molar-refractivity contribution in [2.45, 2.75) is 40.0 Å². The van der Waals surface area contributed by atoms with Crippen molar-refractivity contribution in [3.63, 3.8) is 0 Å². The molecule has 0 saturated carbocycles. The summed E-state index contributed by atoms with van der Waals surface area (Å²) in [6, 6.07) is 8.09. The van der Waals surface area contributed by atoms with Crippen molar-refractivity contribution < 1.29 is 14.1 Å². The number of hydrogen-bond acceptors (Lipinski definition) is 4. The summed E-state index contributed by atoms with van der Waals surface area (Å²) >= 11 is 0. The molecule has 1 amide bonds. The summed E-state index contributed by atoms with van der Waals surface area (Å²) in [7, 11) is 0. The van der Waals surface area contributed by atoms with E-state index in [1.807, 2.05) is 36.1 Å². The molecular formula is C20H26N2O3. The van der Waals surface area contributed by atoms with Gasteiger partial charge in [0.25, 0.3) is 5.91 Å². The number of aryl methyl sites for hydroxylation is 3. The van der Waals surface area contributed by atoms with Gasteiger partial charge in [0.15, 0.2) is 0 Å². The van der Waals surface area contributed by atoms with Crippen molar-refractivity contribution in [3.8, 4) is 5.75 Å². The number of nitrogens with zero attached hydrogens (tertiary/aromatic N) is 2. The lowest BCUT2D eigenvalue weighted by molar-refractivity contribution is 0.0630. The molecule has 0 unspecified atom stereocenters. The number of likely N-dealkylation sites (tertiary alicyclic amines) is 1. The van der Waals surface area contributed by atoms with Crippen LogP contribution in [0.1, 0.15) is 47.1 Å². The number of hydrogen-bond donors (Lipinski definition) is 0. The van der Waals surface area contributed by atoms with Crippen LogP contribution >= 0.6 is 0 Å². The second kappa shape index (κ2) is 7.72. The van der Waals surface area contributed by atoms with E-state index in [1.165, 1.54) is 5.56 Å². The SMILES string of the molecule is CCc1noc(C)c1C(=O)N1CCC[C@H](COc2ccc(C)cc2)C1. The average Bonchev–Trinajstić information content (AvgIpc) is 3.01. The zero-order chi connectivity index (χ0) is 17.8. The summed E-state index contributed by atoms with van der Waals surface area (Å²) in [6.45, 7) is 8.00. The minimum Gasteiger partial charge on any atom is -0.493 e. The zero-order valence-electron chi connectivity index (χ0n) is 15.2. The molecule has 2 aromatic rings. The summed E-state index contributed by atoms with van der Waals surface area (Å²) in [5, 5.41) is 4.01. The predicted molar refractivity (Wildman–Crippen MR) is 95.9 cm³/mol. The van der Waals surface area contributed by atoms with Gasteiger partial charge in [-0.15, -0.1) is 0 Å². The quantitative estimate of drug-likeness (QED) is 0.830. The van der Waals surface area contributed by atoms with Crippen LogP contribution in [0.4, 0.5) is 0 Å². The first-order valence-corrected chi connectivity index (χ1v) is 9.02. The van der Waals surface area contributed by atoms with Gasteiger partial charge >= 0.3 is 0 Å². The molecule has 0 N–H and O–H groups in total. The summed E-state index contributed by atoms with van der Waals surface area (Å²) in [6.07, 6.45) is 2.78. The first-order chi connectivity index (χ1) is 12.1. The van der Waals surface area contributed by atoms with Crippen molar-refractivity contribution in [2.24, 2.45) is 5.92 Å². The third kappa shape index (κ3) is 4.03. The van der Waals surface area contributed by atoms with Crippen LogP contribution in [0.5, 0.6) is 5.75 Å². The Morgan fingerprint density at radius 3 is 2.80 bits per heavy atom. The second-order valence-electron chi connectivity index (χ2n) is 6.80. The number of ether oxygens (including phenoxy) is 1. The maximum atomic E-state index is 12.9. The summed E-state index contributed by atoms with van der Waals surface area (Å²) < 4.78 is 11.1. The molecule has 1 atom stereocenters. The Kier molecular flexibility index (Phi) is 5.41. The van der Waals surface area contributed by atoms with E-state index in [-0.39, 0.29) is 5.91 Å². The number of amides is 1. The van der Waals surface area contributed by atoms with E-state index in [9.17, 15) is 4.79 Å². The van der Waals surface area contributed by atoms with Gasteiger partial charge in [-0.3, -0.25) is 4.79 Å². The molecule has 0 bridgehead atoms.